The van der Waals surface area contributed by atoms with Crippen molar-refractivity contribution in [2.75, 3.05) is 0 Å². The van der Waals surface area contributed by atoms with Crippen molar-refractivity contribution in [1.29, 1.82) is 0 Å². The van der Waals surface area contributed by atoms with E-state index in [4.69, 9.17) is 10.5 Å². The Hall–Kier alpha value is -2.88. The van der Waals surface area contributed by atoms with Crippen LogP contribution in [0.4, 0.5) is 13.2 Å². The molecule has 130 valence electrons. The monoisotopic (exact) mass is 368 g/mol. The summed E-state index contributed by atoms with van der Waals surface area (Å²) < 4.78 is 44.3. The van der Waals surface area contributed by atoms with Gasteiger partial charge in [-0.15, -0.1) is 16.4 Å². The highest BCUT2D eigenvalue weighted by Crippen LogP contribution is 2.30. The largest absolute Gasteiger partial charge is 0.487 e. The summed E-state index contributed by atoms with van der Waals surface area (Å²) in [4.78, 5) is 11.7. The zero-order valence-corrected chi connectivity index (χ0v) is 13.3. The molecule has 2 N–H and O–H groups in total. The number of hydrogen-bond donors (Lipinski definition) is 1. The van der Waals surface area contributed by atoms with Crippen LogP contribution in [0.25, 0.3) is 5.69 Å². The molecule has 0 saturated heterocycles. The molecule has 0 saturated carbocycles. The minimum Gasteiger partial charge on any atom is -0.487 e. The van der Waals surface area contributed by atoms with Crippen molar-refractivity contribution in [1.82, 2.24) is 15.0 Å². The molecule has 0 spiro atoms. The van der Waals surface area contributed by atoms with Gasteiger partial charge in [-0.2, -0.15) is 13.2 Å². The zero-order valence-electron chi connectivity index (χ0n) is 12.5. The van der Waals surface area contributed by atoms with Crippen LogP contribution >= 0.6 is 11.3 Å². The minimum atomic E-state index is -4.39. The van der Waals surface area contributed by atoms with Gasteiger partial charge >= 0.3 is 6.18 Å². The molecule has 1 amide bonds. The Bertz CT molecular complexity index is 887. The van der Waals surface area contributed by atoms with Crippen LogP contribution in [0.2, 0.25) is 0 Å². The molecular formula is C15H11F3N4O2S. The van der Waals surface area contributed by atoms with E-state index in [1.54, 1.807) is 17.6 Å². The highest BCUT2D eigenvalue weighted by Gasteiger charge is 2.30. The number of nitrogens with zero attached hydrogens (tertiary/aromatic N) is 3. The second kappa shape index (κ2) is 6.55. The van der Waals surface area contributed by atoms with E-state index in [1.165, 1.54) is 28.2 Å². The fourth-order valence-electron chi connectivity index (χ4n) is 2.05. The molecule has 0 aliphatic carbocycles. The fraction of sp³-hybridized carbons (Fsp3) is 0.133. The number of primary amides is 1. The van der Waals surface area contributed by atoms with E-state index in [9.17, 15) is 18.0 Å². The van der Waals surface area contributed by atoms with E-state index >= 15 is 0 Å². The Kier molecular flexibility index (Phi) is 4.45. The van der Waals surface area contributed by atoms with Gasteiger partial charge in [0.15, 0.2) is 0 Å². The van der Waals surface area contributed by atoms with Crippen molar-refractivity contribution in [3.8, 4) is 11.4 Å². The van der Waals surface area contributed by atoms with Crippen LogP contribution in [0, 0.1) is 0 Å². The third-order valence-corrected chi connectivity index (χ3v) is 4.14. The average Bonchev–Trinajstić information content (AvgIpc) is 3.21. The summed E-state index contributed by atoms with van der Waals surface area (Å²) in [5, 5.41) is 9.51. The summed E-state index contributed by atoms with van der Waals surface area (Å²) in [7, 11) is 0. The molecule has 0 aliphatic heterocycles. The Morgan fingerprint density at radius 2 is 1.96 bits per heavy atom. The second-order valence-electron chi connectivity index (χ2n) is 4.96. The smallest absolute Gasteiger partial charge is 0.416 e. The predicted molar refractivity (Wildman–Crippen MR) is 83.5 cm³/mol. The van der Waals surface area contributed by atoms with Gasteiger partial charge in [0.25, 0.3) is 5.91 Å². The van der Waals surface area contributed by atoms with E-state index in [1.807, 2.05) is 0 Å². The quantitative estimate of drug-likeness (QED) is 0.750. The lowest BCUT2D eigenvalue weighted by Crippen LogP contribution is -2.12. The van der Waals surface area contributed by atoms with Crippen molar-refractivity contribution in [2.45, 2.75) is 12.8 Å². The third-order valence-electron chi connectivity index (χ3n) is 3.22. The highest BCUT2D eigenvalue weighted by atomic mass is 32.1. The number of rotatable bonds is 5. The number of ether oxygens (including phenoxy) is 1. The van der Waals surface area contributed by atoms with Crippen molar-refractivity contribution in [2.24, 2.45) is 5.73 Å². The van der Waals surface area contributed by atoms with E-state index in [0.29, 0.717) is 16.3 Å². The molecule has 2 aromatic heterocycles. The first-order chi connectivity index (χ1) is 11.8. The first-order valence-electron chi connectivity index (χ1n) is 6.93. The second-order valence-corrected chi connectivity index (χ2v) is 5.88. The number of carbonyl (C=O) groups is 1. The van der Waals surface area contributed by atoms with Gasteiger partial charge in [0.2, 0.25) is 0 Å². The number of alkyl halides is 3. The lowest BCUT2D eigenvalue weighted by atomic mass is 10.2. The molecule has 0 unspecified atom stereocenters. The number of aromatic nitrogens is 3. The van der Waals surface area contributed by atoms with Gasteiger partial charge < -0.3 is 10.5 Å². The highest BCUT2D eigenvalue weighted by molar-refractivity contribution is 7.12. The van der Waals surface area contributed by atoms with Crippen LogP contribution < -0.4 is 10.5 Å². The van der Waals surface area contributed by atoms with Crippen LogP contribution in [0.15, 0.2) is 41.9 Å². The predicted octanol–water partition coefficient (Wildman–Crippen LogP) is 3.03. The topological polar surface area (TPSA) is 83.0 Å². The maximum Gasteiger partial charge on any atom is 0.416 e. The Balaban J connectivity index is 1.68. The fourth-order valence-corrected chi connectivity index (χ4v) is 2.78. The molecule has 0 atom stereocenters. The van der Waals surface area contributed by atoms with Gasteiger partial charge in [-0.05, 0) is 35.7 Å². The first-order valence-corrected chi connectivity index (χ1v) is 7.81. The lowest BCUT2D eigenvalue weighted by molar-refractivity contribution is -0.137. The summed E-state index contributed by atoms with van der Waals surface area (Å²) in [6, 6.07) is 6.03. The number of nitrogens with two attached hydrogens (primary N) is 1. The minimum absolute atomic E-state index is 0.0153. The molecule has 0 aliphatic rings. The average molecular weight is 368 g/mol. The molecule has 0 bridgehead atoms. The van der Waals surface area contributed by atoms with E-state index in [0.717, 1.165) is 12.1 Å². The Morgan fingerprint density at radius 3 is 2.60 bits per heavy atom. The Labute approximate surface area is 143 Å². The van der Waals surface area contributed by atoms with Crippen LogP contribution in [0.3, 0.4) is 0 Å². The molecule has 1 aromatic carbocycles. The van der Waals surface area contributed by atoms with Crippen molar-refractivity contribution in [3.63, 3.8) is 0 Å². The summed E-state index contributed by atoms with van der Waals surface area (Å²) >= 11 is 1.19. The molecule has 2 heterocycles. The van der Waals surface area contributed by atoms with Gasteiger partial charge in [0, 0.05) is 0 Å². The van der Waals surface area contributed by atoms with Gasteiger partial charge in [-0.1, -0.05) is 5.21 Å². The van der Waals surface area contributed by atoms with Crippen LogP contribution in [-0.2, 0) is 12.8 Å². The summed E-state index contributed by atoms with van der Waals surface area (Å²) in [5.41, 5.74) is 5.49. The molecule has 6 nitrogen and oxygen atoms in total. The Morgan fingerprint density at radius 1 is 1.24 bits per heavy atom. The molecule has 25 heavy (non-hydrogen) atoms. The molecule has 3 rings (SSSR count). The summed E-state index contributed by atoms with van der Waals surface area (Å²) in [6.45, 7) is 0.0153. The normalized spacial score (nSPS) is 11.5. The number of carbonyl (C=O) groups excluding carboxylic acids is 1. The maximum atomic E-state index is 12.5. The molecule has 3 aromatic rings. The number of hydrogen-bond acceptors (Lipinski definition) is 5. The third kappa shape index (κ3) is 3.79. The summed E-state index contributed by atoms with van der Waals surface area (Å²) in [6.07, 6.45) is -2.83. The van der Waals surface area contributed by atoms with E-state index in [2.05, 4.69) is 10.3 Å². The molecule has 10 heteroatoms. The standard InChI is InChI=1S/C15H11F3N4O2S/c16-15(17,18)9-1-3-11(4-2-9)24-8-10-7-22(21-20-10)12-5-6-25-13(12)14(19)23/h1-7H,8H2,(H2,19,23). The summed E-state index contributed by atoms with van der Waals surface area (Å²) in [5.74, 6) is -0.293. The van der Waals surface area contributed by atoms with Crippen molar-refractivity contribution in [3.05, 3.63) is 58.0 Å². The molecule has 0 radical (unpaired) electrons. The zero-order chi connectivity index (χ0) is 18.0. The lowest BCUT2D eigenvalue weighted by Gasteiger charge is -2.08. The van der Waals surface area contributed by atoms with Crippen LogP contribution in [0.5, 0.6) is 5.75 Å². The van der Waals surface area contributed by atoms with E-state index < -0.39 is 17.6 Å². The van der Waals surface area contributed by atoms with Crippen LogP contribution in [0.1, 0.15) is 20.9 Å². The van der Waals surface area contributed by atoms with Crippen LogP contribution in [-0.4, -0.2) is 20.9 Å². The van der Waals surface area contributed by atoms with E-state index in [-0.39, 0.29) is 12.4 Å². The molecule has 0 fully saturated rings. The number of thiophene rings is 1. The van der Waals surface area contributed by atoms with Gasteiger partial charge in [0.1, 0.15) is 22.9 Å². The van der Waals surface area contributed by atoms with Gasteiger partial charge in [-0.25, -0.2) is 4.68 Å². The van der Waals surface area contributed by atoms with Crippen molar-refractivity contribution >= 4 is 17.2 Å². The number of halogens is 3. The SMILES string of the molecule is NC(=O)c1sccc1-n1cc(COc2ccc(C(F)(F)F)cc2)nn1. The van der Waals surface area contributed by atoms with Gasteiger partial charge in [-0.3, -0.25) is 4.79 Å². The molecular weight excluding hydrogens is 357 g/mol. The first kappa shape index (κ1) is 17.0. The number of amides is 1. The maximum absolute atomic E-state index is 12.5. The van der Waals surface area contributed by atoms with Gasteiger partial charge in [0.05, 0.1) is 17.4 Å². The number of benzene rings is 1. The van der Waals surface area contributed by atoms with Crippen molar-refractivity contribution < 1.29 is 22.7 Å².